The standard InChI is InChI=1S/C25H28N6O.C3H6/c1-17(10-13-23(32)30(3)18(2)19-8-6-5-7-9-19)24-21-16-20(25-26-14-15-27-28-25)11-12-22(21)29-31(24)4;1-3-2/h5-13,15-16,18,24,29H,1,14H2,2-4H3,(H,26,28);3H,1H2,2H3/b13-10+;/t18-,24?;/m0./s1. The molecular weight excluding hydrogens is 436 g/mol. The summed E-state index contributed by atoms with van der Waals surface area (Å²) >= 11 is 0. The second-order valence-electron chi connectivity index (χ2n) is 8.39. The molecule has 0 aliphatic carbocycles. The van der Waals surface area contributed by atoms with E-state index in [9.17, 15) is 4.79 Å². The zero-order chi connectivity index (χ0) is 25.4. The number of carbonyl (C=O) groups excluding carboxylic acids is 1. The van der Waals surface area contributed by atoms with E-state index in [0.717, 1.165) is 33.8 Å². The lowest BCUT2D eigenvalue weighted by Gasteiger charge is -2.24. The third kappa shape index (κ3) is 6.13. The highest BCUT2D eigenvalue weighted by Gasteiger charge is 2.29. The van der Waals surface area contributed by atoms with Crippen LogP contribution in [0.5, 0.6) is 0 Å². The number of benzene rings is 2. The van der Waals surface area contributed by atoms with Gasteiger partial charge in [-0.05, 0) is 43.2 Å². The van der Waals surface area contributed by atoms with Crippen LogP contribution in [0.15, 0.2) is 95.6 Å². The average Bonchev–Trinajstić information content (AvgIpc) is 3.22. The molecule has 182 valence electrons. The molecule has 1 amide bonds. The summed E-state index contributed by atoms with van der Waals surface area (Å²) in [5.41, 5.74) is 11.3. The first-order valence-corrected chi connectivity index (χ1v) is 11.6. The van der Waals surface area contributed by atoms with Gasteiger partial charge in [0.2, 0.25) is 5.91 Å². The van der Waals surface area contributed by atoms with Gasteiger partial charge in [-0.25, -0.2) is 5.01 Å². The Morgan fingerprint density at radius 2 is 1.94 bits per heavy atom. The van der Waals surface area contributed by atoms with E-state index in [1.165, 1.54) is 0 Å². The summed E-state index contributed by atoms with van der Waals surface area (Å²) in [6.45, 7) is 12.1. The SMILES string of the molecule is C=C(/C=C/C(=O)N(C)[C@@H](C)c1ccccc1)C1c2cc(C3=NCC=NN3)ccc2NN1C.C=CC. The van der Waals surface area contributed by atoms with Crippen LogP contribution in [0, 0.1) is 0 Å². The van der Waals surface area contributed by atoms with Crippen molar-refractivity contribution < 1.29 is 4.79 Å². The molecule has 1 unspecified atom stereocenters. The third-order valence-corrected chi connectivity index (χ3v) is 5.90. The molecule has 2 aromatic rings. The normalized spacial score (nSPS) is 17.3. The van der Waals surface area contributed by atoms with Gasteiger partial charge >= 0.3 is 0 Å². The number of amidine groups is 1. The van der Waals surface area contributed by atoms with Gasteiger partial charge in [0.15, 0.2) is 0 Å². The molecule has 35 heavy (non-hydrogen) atoms. The molecule has 2 aliphatic heterocycles. The minimum Gasteiger partial charge on any atom is -0.335 e. The van der Waals surface area contributed by atoms with Crippen molar-refractivity contribution in [3.05, 3.63) is 102 Å². The first kappa shape index (κ1) is 25.6. The molecule has 2 atom stereocenters. The van der Waals surface area contributed by atoms with Crippen molar-refractivity contribution in [3.63, 3.8) is 0 Å². The molecule has 2 aliphatic rings. The maximum Gasteiger partial charge on any atom is 0.246 e. The van der Waals surface area contributed by atoms with Gasteiger partial charge in [-0.1, -0.05) is 49.1 Å². The maximum atomic E-state index is 12.8. The summed E-state index contributed by atoms with van der Waals surface area (Å²) in [4.78, 5) is 19.0. The minimum atomic E-state index is -0.0986. The predicted molar refractivity (Wildman–Crippen MR) is 145 cm³/mol. The molecule has 0 bridgehead atoms. The molecule has 0 saturated heterocycles. The highest BCUT2D eigenvalue weighted by atomic mass is 16.2. The summed E-state index contributed by atoms with van der Waals surface area (Å²) in [5.74, 6) is 0.681. The van der Waals surface area contributed by atoms with Crippen molar-refractivity contribution in [1.29, 1.82) is 0 Å². The Hall–Kier alpha value is -3.97. The summed E-state index contributed by atoms with van der Waals surface area (Å²) in [6, 6.07) is 16.0. The maximum absolute atomic E-state index is 12.8. The lowest BCUT2D eigenvalue weighted by Crippen LogP contribution is -2.28. The van der Waals surface area contributed by atoms with Gasteiger partial charge in [0.25, 0.3) is 0 Å². The number of hydrogen-bond donors (Lipinski definition) is 2. The third-order valence-electron chi connectivity index (χ3n) is 5.90. The van der Waals surface area contributed by atoms with Crippen molar-refractivity contribution in [1.82, 2.24) is 15.3 Å². The highest BCUT2D eigenvalue weighted by Crippen LogP contribution is 2.39. The molecular formula is C28H34N6O. The predicted octanol–water partition coefficient (Wildman–Crippen LogP) is 4.86. The Bertz CT molecular complexity index is 1150. The van der Waals surface area contributed by atoms with Gasteiger partial charge in [0.05, 0.1) is 24.3 Å². The average molecular weight is 471 g/mol. The van der Waals surface area contributed by atoms with Crippen LogP contribution in [0.3, 0.4) is 0 Å². The van der Waals surface area contributed by atoms with E-state index in [1.807, 2.05) is 81.5 Å². The number of amides is 1. The number of nitrogens with zero attached hydrogens (tertiary/aromatic N) is 4. The number of anilines is 1. The van der Waals surface area contributed by atoms with Crippen molar-refractivity contribution in [2.24, 2.45) is 10.1 Å². The number of fused-ring (bicyclic) bond motifs is 1. The number of hydrazone groups is 1. The molecule has 0 spiro atoms. The Morgan fingerprint density at radius 3 is 2.60 bits per heavy atom. The number of nitrogens with one attached hydrogen (secondary N) is 2. The lowest BCUT2D eigenvalue weighted by atomic mass is 9.97. The molecule has 0 fully saturated rings. The zero-order valence-electron chi connectivity index (χ0n) is 20.9. The Morgan fingerprint density at radius 1 is 1.23 bits per heavy atom. The number of hydrogen-bond acceptors (Lipinski definition) is 6. The smallest absolute Gasteiger partial charge is 0.246 e. The van der Waals surface area contributed by atoms with Crippen LogP contribution in [-0.2, 0) is 4.79 Å². The number of hydrazine groups is 1. The Balaban J connectivity index is 0.00000108. The van der Waals surface area contributed by atoms with E-state index in [-0.39, 0.29) is 18.0 Å². The van der Waals surface area contributed by atoms with Crippen LogP contribution in [0.25, 0.3) is 0 Å². The van der Waals surface area contributed by atoms with E-state index < -0.39 is 0 Å². The number of allylic oxidation sites excluding steroid dienone is 1. The zero-order valence-corrected chi connectivity index (χ0v) is 20.9. The van der Waals surface area contributed by atoms with Crippen LogP contribution in [0.4, 0.5) is 5.69 Å². The van der Waals surface area contributed by atoms with Gasteiger partial charge < -0.3 is 10.3 Å². The molecule has 7 heteroatoms. The monoisotopic (exact) mass is 470 g/mol. The minimum absolute atomic E-state index is 0.0212. The van der Waals surface area contributed by atoms with Gasteiger partial charge in [-0.2, -0.15) is 5.10 Å². The molecule has 7 nitrogen and oxygen atoms in total. The Labute approximate surface area is 208 Å². The summed E-state index contributed by atoms with van der Waals surface area (Å²) < 4.78 is 0. The van der Waals surface area contributed by atoms with Crippen LogP contribution in [0.1, 0.15) is 42.6 Å². The van der Waals surface area contributed by atoms with Crippen LogP contribution in [0.2, 0.25) is 0 Å². The van der Waals surface area contributed by atoms with Crippen molar-refractivity contribution >= 4 is 23.6 Å². The fourth-order valence-corrected chi connectivity index (χ4v) is 3.95. The van der Waals surface area contributed by atoms with Gasteiger partial charge in [-0.15, -0.1) is 6.58 Å². The van der Waals surface area contributed by atoms with Crippen LogP contribution < -0.4 is 10.9 Å². The summed E-state index contributed by atoms with van der Waals surface area (Å²) in [7, 11) is 3.79. The van der Waals surface area contributed by atoms with Crippen molar-refractivity contribution in [2.45, 2.75) is 25.9 Å². The summed E-state index contributed by atoms with van der Waals surface area (Å²) in [6.07, 6.45) is 6.88. The molecule has 4 rings (SSSR count). The van der Waals surface area contributed by atoms with E-state index >= 15 is 0 Å². The Kier molecular flexibility index (Phi) is 8.75. The first-order valence-electron chi connectivity index (χ1n) is 11.6. The fourth-order valence-electron chi connectivity index (χ4n) is 3.95. The van der Waals surface area contributed by atoms with Crippen LogP contribution in [-0.4, -0.2) is 48.5 Å². The van der Waals surface area contributed by atoms with Gasteiger partial charge in [0, 0.05) is 37.5 Å². The molecule has 2 heterocycles. The topological polar surface area (TPSA) is 72.3 Å². The molecule has 0 aromatic heterocycles. The molecule has 2 N–H and O–H groups in total. The number of aliphatic imine (C=N–C) groups is 1. The quantitative estimate of drug-likeness (QED) is 0.359. The van der Waals surface area contributed by atoms with Crippen molar-refractivity contribution in [3.8, 4) is 0 Å². The largest absolute Gasteiger partial charge is 0.335 e. The highest BCUT2D eigenvalue weighted by molar-refractivity contribution is 6.01. The molecule has 0 saturated carbocycles. The lowest BCUT2D eigenvalue weighted by molar-refractivity contribution is -0.126. The van der Waals surface area contributed by atoms with Crippen molar-refractivity contribution in [2.75, 3.05) is 26.1 Å². The molecule has 2 aromatic carbocycles. The van der Waals surface area contributed by atoms with E-state index in [2.05, 4.69) is 40.2 Å². The summed E-state index contributed by atoms with van der Waals surface area (Å²) in [5, 5.41) is 6.09. The second-order valence-corrected chi connectivity index (χ2v) is 8.39. The first-order chi connectivity index (χ1) is 16.9. The van der Waals surface area contributed by atoms with Gasteiger partial charge in [-0.3, -0.25) is 15.2 Å². The number of likely N-dealkylation sites (N-methyl/N-ethyl adjacent to an activating group) is 2. The van der Waals surface area contributed by atoms with Gasteiger partial charge in [0.1, 0.15) is 5.84 Å². The fraction of sp³-hybridized carbons (Fsp3) is 0.250. The van der Waals surface area contributed by atoms with E-state index in [0.29, 0.717) is 6.54 Å². The van der Waals surface area contributed by atoms with E-state index in [4.69, 9.17) is 0 Å². The molecule has 0 radical (unpaired) electrons. The number of rotatable bonds is 6. The van der Waals surface area contributed by atoms with Crippen LogP contribution >= 0.6 is 0 Å². The van der Waals surface area contributed by atoms with E-state index in [1.54, 1.807) is 23.3 Å². The number of carbonyl (C=O) groups is 1. The second kappa shape index (κ2) is 11.9.